The molecule has 4 aliphatic rings. The summed E-state index contributed by atoms with van der Waals surface area (Å²) in [5.74, 6) is 0.586. The number of hydrogen-bond acceptors (Lipinski definition) is 0. The summed E-state index contributed by atoms with van der Waals surface area (Å²) >= 11 is 0. The van der Waals surface area contributed by atoms with Crippen LogP contribution in [0.2, 0.25) is 37.8 Å². The van der Waals surface area contributed by atoms with Crippen molar-refractivity contribution < 1.29 is 0 Å². The molecule has 0 saturated heterocycles. The topological polar surface area (TPSA) is 0 Å². The first-order valence-corrected chi connectivity index (χ1v) is 45.4. The average Bonchev–Trinajstić information content (AvgIpc) is 1.48. The SMILES string of the molecule is CC1(C)c2ccccc2-c2ccc(-c3cc(-c4ccccc4)c4ccc5c(-c6ccccc6)cc([Si](C)(C)C)c6ccc3c4c56)cc21.CC[Si](CC)(CC)c1c(-c2ccc3c(c2)C(C)(C)c2ccccc2-3)cc2ccc3c(C4CCCC4)c(-c4ccc5c(c4)C(C)(C)c4ccccc4-5)cc4ccc1c2c43. The molecule has 1 saturated carbocycles. The van der Waals surface area contributed by atoms with Gasteiger partial charge in [0.1, 0.15) is 0 Å². The summed E-state index contributed by atoms with van der Waals surface area (Å²) in [5, 5.41) is 20.2. The molecule has 0 aromatic heterocycles. The lowest BCUT2D eigenvalue weighted by Crippen LogP contribution is -2.47. The van der Waals surface area contributed by atoms with Crippen molar-refractivity contribution in [2.24, 2.45) is 0 Å². The lowest BCUT2D eigenvalue weighted by molar-refractivity contribution is 0.660. The Bertz CT molecular complexity index is 6210. The van der Waals surface area contributed by atoms with Crippen LogP contribution in [0.3, 0.4) is 0 Å². The van der Waals surface area contributed by atoms with E-state index in [1.54, 1.807) is 10.8 Å². The third kappa shape index (κ3) is 9.74. The highest BCUT2D eigenvalue weighted by atomic mass is 28.3. The van der Waals surface area contributed by atoms with Crippen LogP contribution in [0.1, 0.15) is 133 Å². The van der Waals surface area contributed by atoms with E-state index in [2.05, 4.69) is 343 Å². The maximum atomic E-state index is 2.62. The lowest BCUT2D eigenvalue weighted by atomic mass is 9.79. The van der Waals surface area contributed by atoms with Crippen molar-refractivity contribution in [3.8, 4) is 89.0 Å². The minimum atomic E-state index is -1.89. The van der Waals surface area contributed by atoms with Crippen LogP contribution in [-0.4, -0.2) is 16.1 Å². The molecule has 1 fully saturated rings. The second kappa shape index (κ2) is 24.0. The fourth-order valence-corrected chi connectivity index (χ4v) is 26.8. The van der Waals surface area contributed by atoms with Crippen LogP contribution in [0.5, 0.6) is 0 Å². The van der Waals surface area contributed by atoms with Gasteiger partial charge in [-0.2, -0.15) is 0 Å². The van der Waals surface area contributed by atoms with Crippen molar-refractivity contribution >= 4 is 91.2 Å². The van der Waals surface area contributed by atoms with Gasteiger partial charge in [0.25, 0.3) is 0 Å². The first-order chi connectivity index (χ1) is 50.8. The van der Waals surface area contributed by atoms with Crippen molar-refractivity contribution in [2.75, 3.05) is 0 Å². The van der Waals surface area contributed by atoms with Gasteiger partial charge < -0.3 is 0 Å². The van der Waals surface area contributed by atoms with Crippen LogP contribution < -0.4 is 10.4 Å². The zero-order chi connectivity index (χ0) is 71.8. The maximum Gasteiger partial charge on any atom is 0.0875 e. The van der Waals surface area contributed by atoms with E-state index < -0.39 is 16.1 Å². The summed E-state index contributed by atoms with van der Waals surface area (Å²) in [4.78, 5) is 0. The molecule has 105 heavy (non-hydrogen) atoms. The Labute approximate surface area is 623 Å². The highest BCUT2D eigenvalue weighted by Gasteiger charge is 2.41. The van der Waals surface area contributed by atoms with Crippen LogP contribution in [-0.2, 0) is 16.2 Å². The van der Waals surface area contributed by atoms with Gasteiger partial charge in [0.2, 0.25) is 0 Å². The van der Waals surface area contributed by atoms with Crippen molar-refractivity contribution in [2.45, 2.75) is 148 Å². The lowest BCUT2D eigenvalue weighted by Gasteiger charge is -2.34. The Morgan fingerprint density at radius 1 is 0.286 bits per heavy atom. The molecule has 514 valence electrons. The van der Waals surface area contributed by atoms with Gasteiger partial charge in [-0.3, -0.25) is 0 Å². The third-order valence-electron chi connectivity index (χ3n) is 26.8. The van der Waals surface area contributed by atoms with E-state index in [4.69, 9.17) is 0 Å². The van der Waals surface area contributed by atoms with Crippen LogP contribution in [0, 0.1) is 0 Å². The molecule has 0 spiro atoms. The molecule has 16 aromatic carbocycles. The van der Waals surface area contributed by atoms with E-state index in [1.807, 2.05) is 0 Å². The summed E-state index contributed by atoms with van der Waals surface area (Å²) in [7, 11) is -3.59. The molecule has 0 N–H and O–H groups in total. The van der Waals surface area contributed by atoms with Crippen LogP contribution in [0.15, 0.2) is 261 Å². The summed E-state index contributed by atoms with van der Waals surface area (Å²) in [6.45, 7) is 29.4. The zero-order valence-electron chi connectivity index (χ0n) is 63.4. The second-order valence-corrected chi connectivity index (χ2v) is 44.4. The van der Waals surface area contributed by atoms with Gasteiger partial charge in [-0.05, 0) is 253 Å². The zero-order valence-corrected chi connectivity index (χ0v) is 65.4. The fraction of sp³-hybridized carbons (Fsp3) is 0.223. The van der Waals surface area contributed by atoms with Gasteiger partial charge in [0, 0.05) is 16.2 Å². The van der Waals surface area contributed by atoms with Gasteiger partial charge in [-0.25, -0.2) is 0 Å². The van der Waals surface area contributed by atoms with Crippen LogP contribution in [0.25, 0.3) is 154 Å². The number of rotatable bonds is 11. The number of hydrogen-bond donors (Lipinski definition) is 0. The maximum absolute atomic E-state index is 2.62. The molecule has 2 heteroatoms. The monoisotopic (exact) mass is 1390 g/mol. The molecule has 0 unspecified atom stereocenters. The van der Waals surface area contributed by atoms with Crippen LogP contribution in [0.4, 0.5) is 0 Å². The molecule has 0 aliphatic heterocycles. The van der Waals surface area contributed by atoms with Gasteiger partial charge >= 0.3 is 0 Å². The van der Waals surface area contributed by atoms with Gasteiger partial charge in [0.15, 0.2) is 0 Å². The van der Waals surface area contributed by atoms with Crippen molar-refractivity contribution in [1.82, 2.24) is 0 Å². The summed E-state index contributed by atoms with van der Waals surface area (Å²) in [6.07, 6.45) is 5.22. The molecule has 0 bridgehead atoms. The van der Waals surface area contributed by atoms with Crippen molar-refractivity contribution in [1.29, 1.82) is 0 Å². The average molecular weight is 1390 g/mol. The molecule has 0 heterocycles. The number of benzene rings is 16. The Kier molecular flexibility index (Phi) is 15.1. The molecule has 0 radical (unpaired) electrons. The highest BCUT2D eigenvalue weighted by molar-refractivity contribution is 6.94. The van der Waals surface area contributed by atoms with Gasteiger partial charge in [0.05, 0.1) is 16.1 Å². The van der Waals surface area contributed by atoms with E-state index in [1.165, 1.54) is 236 Å². The Balaban J connectivity index is 0.000000147. The fourth-order valence-electron chi connectivity index (χ4n) is 21.1. The molecular formula is C103H94Si2. The molecule has 0 nitrogen and oxygen atoms in total. The number of fused-ring (bicyclic) bond motifs is 9. The van der Waals surface area contributed by atoms with Gasteiger partial charge in [-0.15, -0.1) is 0 Å². The third-order valence-corrected chi connectivity index (χ3v) is 34.5. The van der Waals surface area contributed by atoms with Crippen molar-refractivity contribution in [3.63, 3.8) is 0 Å². The predicted octanol–water partition coefficient (Wildman–Crippen LogP) is 28.3. The smallest absolute Gasteiger partial charge is 0.0675 e. The minimum absolute atomic E-state index is 0.0214. The van der Waals surface area contributed by atoms with E-state index in [0.29, 0.717) is 5.92 Å². The predicted molar refractivity (Wildman–Crippen MR) is 461 cm³/mol. The Morgan fingerprint density at radius 3 is 1.11 bits per heavy atom. The van der Waals surface area contributed by atoms with E-state index >= 15 is 0 Å². The summed E-state index contributed by atoms with van der Waals surface area (Å²) < 4.78 is 0. The van der Waals surface area contributed by atoms with Crippen LogP contribution >= 0.6 is 0 Å². The van der Waals surface area contributed by atoms with E-state index in [0.717, 1.165) is 0 Å². The first kappa shape index (κ1) is 65.8. The normalized spacial score (nSPS) is 15.4. The second-order valence-electron chi connectivity index (χ2n) is 34.2. The van der Waals surface area contributed by atoms with Gasteiger partial charge in [-0.1, -0.05) is 343 Å². The first-order valence-electron chi connectivity index (χ1n) is 39.3. The molecule has 20 rings (SSSR count). The summed E-state index contributed by atoms with van der Waals surface area (Å²) in [6, 6.07) is 105. The van der Waals surface area contributed by atoms with E-state index in [-0.39, 0.29) is 16.2 Å². The molecule has 0 amide bonds. The molecule has 0 atom stereocenters. The Morgan fingerprint density at radius 2 is 0.648 bits per heavy atom. The van der Waals surface area contributed by atoms with Crippen molar-refractivity contribution in [3.05, 3.63) is 300 Å². The molecule has 4 aliphatic carbocycles. The standard InChI is InChI=1S/C57H56Si.C46H38Si/c1-8-58(9-2,10-3)55-45-30-26-38-31-46(36-23-27-42-40-19-13-15-21-48(40)56(4,5)50(42)33-36)52(35-17-11-12-18-35)44-29-25-39(54(45)53(38)44)32-47(55)37-24-28-43-41-20-14-16-22-49(41)57(6,7)51(43)34-37;1-46(2)41-19-13-12-18-32(41)33-21-20-31(26-42(33)46)39-27-38(29-14-8-6-9-15-29)34-22-23-36-40(30-16-10-7-11-17-30)28-43(47(3,4)5)37-25-24-35(39)44(34)45(36)37/h13-16,19-35H,8-12,17-18H2,1-7H3;6-28H,1-5H3. The summed E-state index contributed by atoms with van der Waals surface area (Å²) in [5.41, 5.74) is 32.0. The molecule has 16 aromatic rings. The highest BCUT2D eigenvalue weighted by Crippen LogP contribution is 2.56. The molecular weight excluding hydrogens is 1290 g/mol. The minimum Gasteiger partial charge on any atom is -0.0675 e. The van der Waals surface area contributed by atoms with E-state index in [9.17, 15) is 0 Å². The quantitative estimate of drug-likeness (QED) is 0.0894. The largest absolute Gasteiger partial charge is 0.0875 e. The Hall–Kier alpha value is -9.97.